The molecule has 0 radical (unpaired) electrons. The third kappa shape index (κ3) is 6.82. The minimum Gasteiger partial charge on any atom is -0.325 e. The Morgan fingerprint density at radius 2 is 1.40 bits per heavy atom. The van der Waals surface area contributed by atoms with E-state index < -0.39 is 32.5 Å². The summed E-state index contributed by atoms with van der Waals surface area (Å²) in [6.45, 7) is 3.36. The lowest BCUT2D eigenvalue weighted by Gasteiger charge is -2.24. The van der Waals surface area contributed by atoms with Crippen LogP contribution in [0.3, 0.4) is 0 Å². The average Bonchev–Trinajstić information content (AvgIpc) is 2.93. The molecule has 0 saturated heterocycles. The van der Waals surface area contributed by atoms with Crippen LogP contribution in [0.4, 0.5) is 17.1 Å². The number of amides is 1. The molecule has 4 aromatic rings. The Kier molecular flexibility index (Phi) is 8.82. The van der Waals surface area contributed by atoms with Gasteiger partial charge in [-0.1, -0.05) is 60.5 Å². The van der Waals surface area contributed by atoms with E-state index in [-0.39, 0.29) is 20.5 Å². The molecule has 8 nitrogen and oxygen atoms in total. The van der Waals surface area contributed by atoms with E-state index in [0.717, 1.165) is 21.9 Å². The Morgan fingerprint density at radius 3 is 2.00 bits per heavy atom. The van der Waals surface area contributed by atoms with Crippen LogP contribution < -0.4 is 14.3 Å². The number of anilines is 3. The van der Waals surface area contributed by atoms with Crippen molar-refractivity contribution in [2.45, 2.75) is 30.1 Å². The highest BCUT2D eigenvalue weighted by molar-refractivity contribution is 7.93. The van der Waals surface area contributed by atoms with Crippen molar-refractivity contribution in [2.75, 3.05) is 20.9 Å². The topological polar surface area (TPSA) is 113 Å². The smallest absolute Gasteiger partial charge is 0.264 e. The summed E-state index contributed by atoms with van der Waals surface area (Å²) in [6.07, 6.45) is 0.783. The van der Waals surface area contributed by atoms with Crippen LogP contribution in [0.5, 0.6) is 0 Å². The van der Waals surface area contributed by atoms with Crippen LogP contribution in [0.25, 0.3) is 0 Å². The van der Waals surface area contributed by atoms with Crippen LogP contribution in [-0.4, -0.2) is 29.3 Å². The van der Waals surface area contributed by atoms with Crippen LogP contribution in [0.1, 0.15) is 18.1 Å². The number of para-hydroxylation sites is 1. The lowest BCUT2D eigenvalue weighted by Crippen LogP contribution is -2.38. The van der Waals surface area contributed by atoms with Crippen molar-refractivity contribution >= 4 is 54.6 Å². The first-order valence-corrected chi connectivity index (χ1v) is 15.7. The fraction of sp³-hybridized carbons (Fsp3) is 0.138. The van der Waals surface area contributed by atoms with Crippen LogP contribution in [-0.2, 0) is 31.3 Å². The van der Waals surface area contributed by atoms with Crippen molar-refractivity contribution in [1.82, 2.24) is 0 Å². The number of nitrogens with zero attached hydrogens (tertiary/aromatic N) is 1. The summed E-state index contributed by atoms with van der Waals surface area (Å²) in [5.41, 5.74) is 2.82. The van der Waals surface area contributed by atoms with E-state index >= 15 is 0 Å². The molecule has 0 aromatic heterocycles. The number of sulfonamides is 2. The van der Waals surface area contributed by atoms with Gasteiger partial charge in [-0.2, -0.15) is 0 Å². The third-order valence-corrected chi connectivity index (χ3v) is 9.59. The highest BCUT2D eigenvalue weighted by Crippen LogP contribution is 2.26. The van der Waals surface area contributed by atoms with Crippen LogP contribution in [0.15, 0.2) is 107 Å². The molecular weight excluding hydrogens is 570 g/mol. The molecule has 0 bridgehead atoms. The minimum atomic E-state index is -4.06. The molecule has 11 heteroatoms. The first-order valence-electron chi connectivity index (χ1n) is 12.4. The van der Waals surface area contributed by atoms with Gasteiger partial charge in [0.05, 0.1) is 26.2 Å². The first kappa shape index (κ1) is 29.1. The highest BCUT2D eigenvalue weighted by atomic mass is 35.5. The lowest BCUT2D eigenvalue weighted by molar-refractivity contribution is -0.114. The van der Waals surface area contributed by atoms with E-state index in [9.17, 15) is 21.6 Å². The number of carbonyl (C=O) groups is 1. The van der Waals surface area contributed by atoms with Gasteiger partial charge in [0, 0.05) is 5.69 Å². The molecule has 2 N–H and O–H groups in total. The van der Waals surface area contributed by atoms with E-state index in [1.807, 2.05) is 26.0 Å². The molecule has 208 valence electrons. The predicted octanol–water partition coefficient (Wildman–Crippen LogP) is 5.85. The number of carbonyl (C=O) groups excluding carboxylic acids is 1. The second-order valence-corrected chi connectivity index (χ2v) is 13.0. The SMILES string of the molecule is CCc1ccc(N(CC(=O)Nc2ccc(S(=O)(=O)Nc3ccccc3Cl)cc2)S(=O)(=O)c2ccc(C)cc2)cc1. The predicted molar refractivity (Wildman–Crippen MR) is 159 cm³/mol. The fourth-order valence-electron chi connectivity index (χ4n) is 3.85. The first-order chi connectivity index (χ1) is 19.0. The molecule has 0 aliphatic heterocycles. The van der Waals surface area contributed by atoms with Crippen LogP contribution >= 0.6 is 11.6 Å². The maximum atomic E-state index is 13.6. The Hall–Kier alpha value is -3.86. The summed E-state index contributed by atoms with van der Waals surface area (Å²) >= 11 is 6.06. The van der Waals surface area contributed by atoms with Crippen molar-refractivity contribution in [2.24, 2.45) is 0 Å². The van der Waals surface area contributed by atoms with Gasteiger partial charge in [-0.3, -0.25) is 13.8 Å². The van der Waals surface area contributed by atoms with E-state index in [0.29, 0.717) is 11.4 Å². The summed E-state index contributed by atoms with van der Waals surface area (Å²) < 4.78 is 56.2. The summed E-state index contributed by atoms with van der Waals surface area (Å²) in [7, 11) is -7.99. The van der Waals surface area contributed by atoms with Gasteiger partial charge in [0.1, 0.15) is 6.54 Å². The van der Waals surface area contributed by atoms with Crippen LogP contribution in [0.2, 0.25) is 5.02 Å². The van der Waals surface area contributed by atoms with Crippen molar-refractivity contribution in [3.05, 3.63) is 113 Å². The molecule has 0 heterocycles. The molecule has 0 aliphatic carbocycles. The lowest BCUT2D eigenvalue weighted by atomic mass is 10.1. The van der Waals surface area contributed by atoms with Gasteiger partial charge in [0.15, 0.2) is 0 Å². The second-order valence-electron chi connectivity index (χ2n) is 9.00. The summed E-state index contributed by atoms with van der Waals surface area (Å²) in [5.74, 6) is -0.597. The van der Waals surface area contributed by atoms with Gasteiger partial charge in [-0.05, 0) is 79.6 Å². The number of aryl methyl sites for hydroxylation is 2. The molecular formula is C29H28ClN3O5S2. The van der Waals surface area contributed by atoms with Crippen molar-refractivity contribution < 1.29 is 21.6 Å². The Labute approximate surface area is 239 Å². The highest BCUT2D eigenvalue weighted by Gasteiger charge is 2.27. The average molecular weight is 598 g/mol. The number of benzene rings is 4. The molecule has 0 atom stereocenters. The molecule has 0 saturated carbocycles. The van der Waals surface area contributed by atoms with Gasteiger partial charge < -0.3 is 5.32 Å². The normalized spacial score (nSPS) is 11.6. The summed E-state index contributed by atoms with van der Waals surface area (Å²) in [4.78, 5) is 13.1. The fourth-order valence-corrected chi connectivity index (χ4v) is 6.59. The minimum absolute atomic E-state index is 0.0370. The monoisotopic (exact) mass is 597 g/mol. The number of hydrogen-bond acceptors (Lipinski definition) is 5. The summed E-state index contributed by atoms with van der Waals surface area (Å²) in [6, 6.07) is 25.3. The summed E-state index contributed by atoms with van der Waals surface area (Å²) in [5, 5.41) is 2.91. The number of hydrogen-bond donors (Lipinski definition) is 2. The van der Waals surface area contributed by atoms with Crippen molar-refractivity contribution in [3.63, 3.8) is 0 Å². The molecule has 0 unspecified atom stereocenters. The Morgan fingerprint density at radius 1 is 0.800 bits per heavy atom. The van der Waals surface area contributed by atoms with Crippen LogP contribution in [0, 0.1) is 6.92 Å². The van der Waals surface area contributed by atoms with E-state index in [1.165, 1.54) is 36.4 Å². The van der Waals surface area contributed by atoms with Gasteiger partial charge >= 0.3 is 0 Å². The zero-order valence-corrected chi connectivity index (χ0v) is 24.2. The van der Waals surface area contributed by atoms with E-state index in [2.05, 4.69) is 10.0 Å². The maximum absolute atomic E-state index is 13.6. The number of halogens is 1. The van der Waals surface area contributed by atoms with Crippen molar-refractivity contribution in [1.29, 1.82) is 0 Å². The Balaban J connectivity index is 1.54. The maximum Gasteiger partial charge on any atom is 0.264 e. The second kappa shape index (κ2) is 12.1. The third-order valence-electron chi connectivity index (χ3n) is 6.10. The van der Waals surface area contributed by atoms with Gasteiger partial charge in [0.25, 0.3) is 20.0 Å². The van der Waals surface area contributed by atoms with Crippen molar-refractivity contribution in [3.8, 4) is 0 Å². The van der Waals surface area contributed by atoms with E-state index in [1.54, 1.807) is 48.5 Å². The quantitative estimate of drug-likeness (QED) is 0.238. The molecule has 40 heavy (non-hydrogen) atoms. The molecule has 0 aliphatic rings. The molecule has 0 spiro atoms. The molecule has 0 fully saturated rings. The molecule has 1 amide bonds. The van der Waals surface area contributed by atoms with Gasteiger partial charge in [-0.25, -0.2) is 16.8 Å². The van der Waals surface area contributed by atoms with E-state index in [4.69, 9.17) is 11.6 Å². The number of rotatable bonds is 10. The zero-order valence-electron chi connectivity index (χ0n) is 21.8. The largest absolute Gasteiger partial charge is 0.325 e. The number of nitrogens with one attached hydrogen (secondary N) is 2. The molecule has 4 rings (SSSR count). The Bertz CT molecular complexity index is 1710. The zero-order chi connectivity index (χ0) is 28.9. The molecule has 4 aromatic carbocycles. The van der Waals surface area contributed by atoms with Gasteiger partial charge in [-0.15, -0.1) is 0 Å². The van der Waals surface area contributed by atoms with Gasteiger partial charge in [0.2, 0.25) is 5.91 Å². The standard InChI is InChI=1S/C29H28ClN3O5S2/c1-3-22-10-14-24(15-11-22)33(40(37,38)26-16-8-21(2)9-17-26)20-29(34)31-23-12-18-25(19-13-23)39(35,36)32-28-7-5-4-6-27(28)30/h4-19,32H,3,20H2,1-2H3,(H,31,34).